The van der Waals surface area contributed by atoms with E-state index in [2.05, 4.69) is 20.9 Å². The van der Waals surface area contributed by atoms with Gasteiger partial charge in [0.05, 0.1) is 12.2 Å². The van der Waals surface area contributed by atoms with Crippen molar-refractivity contribution in [2.24, 2.45) is 0 Å². The normalized spacial score (nSPS) is 20.2. The van der Waals surface area contributed by atoms with Crippen LogP contribution >= 0.6 is 0 Å². The molecule has 3 heterocycles. The Morgan fingerprint density at radius 1 is 0.923 bits per heavy atom. The predicted molar refractivity (Wildman–Crippen MR) is 103 cm³/mol. The molecule has 0 radical (unpaired) electrons. The summed E-state index contributed by atoms with van der Waals surface area (Å²) in [6.07, 6.45) is 11.2. The Labute approximate surface area is 153 Å². The second kappa shape index (κ2) is 6.88. The van der Waals surface area contributed by atoms with Crippen LogP contribution in [0.5, 0.6) is 0 Å². The Bertz CT molecular complexity index is 893. The van der Waals surface area contributed by atoms with E-state index in [9.17, 15) is 0 Å². The number of piperidine rings is 1. The Morgan fingerprint density at radius 2 is 1.69 bits per heavy atom. The van der Waals surface area contributed by atoms with Crippen LogP contribution in [0.15, 0.2) is 35.0 Å². The van der Waals surface area contributed by atoms with Crippen LogP contribution in [0, 0.1) is 0 Å². The molecule has 5 heteroatoms. The van der Waals surface area contributed by atoms with Crippen LogP contribution in [-0.4, -0.2) is 35.3 Å². The molecule has 5 rings (SSSR count). The van der Waals surface area contributed by atoms with Gasteiger partial charge < -0.3 is 14.1 Å². The van der Waals surface area contributed by atoms with E-state index in [1.807, 2.05) is 18.2 Å². The Kier molecular flexibility index (Phi) is 4.25. The van der Waals surface area contributed by atoms with E-state index in [1.165, 1.54) is 32.1 Å². The zero-order valence-electron chi connectivity index (χ0n) is 15.1. The lowest BCUT2D eigenvalue weighted by molar-refractivity contribution is -0.0395. The zero-order chi connectivity index (χ0) is 17.3. The van der Waals surface area contributed by atoms with Crippen molar-refractivity contribution < 1.29 is 9.15 Å². The van der Waals surface area contributed by atoms with Crippen LogP contribution in [0.3, 0.4) is 0 Å². The largest absolute Gasteiger partial charge is 0.450 e. The molecule has 5 nitrogen and oxygen atoms in total. The van der Waals surface area contributed by atoms with Gasteiger partial charge in [0.25, 0.3) is 0 Å². The smallest absolute Gasteiger partial charge is 0.196 e. The molecular weight excluding hydrogens is 326 g/mol. The molecule has 0 amide bonds. The first kappa shape index (κ1) is 16.1. The minimum Gasteiger partial charge on any atom is -0.450 e. The monoisotopic (exact) mass is 351 g/mol. The van der Waals surface area contributed by atoms with Gasteiger partial charge in [0.2, 0.25) is 0 Å². The highest BCUT2D eigenvalue weighted by molar-refractivity contribution is 6.05. The van der Waals surface area contributed by atoms with Gasteiger partial charge >= 0.3 is 0 Å². The van der Waals surface area contributed by atoms with Crippen molar-refractivity contribution in [3.8, 4) is 0 Å². The maximum atomic E-state index is 6.37. The number of aromatic nitrogens is 2. The lowest BCUT2D eigenvalue weighted by atomic mass is 9.97. The van der Waals surface area contributed by atoms with Gasteiger partial charge in [-0.25, -0.2) is 9.97 Å². The Balaban J connectivity index is 1.33. The topological polar surface area (TPSA) is 51.4 Å². The first-order valence-corrected chi connectivity index (χ1v) is 9.91. The fourth-order valence-corrected chi connectivity index (χ4v) is 4.41. The molecular formula is C21H25N3O2. The Morgan fingerprint density at radius 3 is 2.54 bits per heavy atom. The van der Waals surface area contributed by atoms with Crippen LogP contribution in [0.25, 0.3) is 22.1 Å². The molecule has 1 aliphatic carbocycles. The van der Waals surface area contributed by atoms with Crippen LogP contribution in [0.4, 0.5) is 5.82 Å². The quantitative estimate of drug-likeness (QED) is 0.685. The number of anilines is 1. The average molecular weight is 351 g/mol. The highest BCUT2D eigenvalue weighted by Crippen LogP contribution is 2.33. The third-order valence-corrected chi connectivity index (χ3v) is 5.82. The number of nitrogens with zero attached hydrogens (tertiary/aromatic N) is 3. The zero-order valence-corrected chi connectivity index (χ0v) is 15.1. The van der Waals surface area contributed by atoms with Gasteiger partial charge in [0, 0.05) is 18.5 Å². The van der Waals surface area contributed by atoms with E-state index < -0.39 is 0 Å². The van der Waals surface area contributed by atoms with E-state index in [0.717, 1.165) is 53.8 Å². The number of fused-ring (bicyclic) bond motifs is 3. The maximum Gasteiger partial charge on any atom is 0.196 e. The van der Waals surface area contributed by atoms with Crippen molar-refractivity contribution in [1.29, 1.82) is 0 Å². The Hall–Kier alpha value is -2.14. The first-order valence-electron chi connectivity index (χ1n) is 9.91. The summed E-state index contributed by atoms with van der Waals surface area (Å²) in [4.78, 5) is 11.3. The lowest BCUT2D eigenvalue weighted by Crippen LogP contribution is -2.39. The summed E-state index contributed by atoms with van der Waals surface area (Å²) in [5, 5.41) is 1.06. The SMILES string of the molecule is c1ccc2c(c1)oc1c(N3CCC(OC4CCCCC4)CC3)ncnc12. The molecule has 0 atom stereocenters. The molecule has 3 aromatic rings. The molecule has 1 saturated heterocycles. The lowest BCUT2D eigenvalue weighted by Gasteiger charge is -2.35. The van der Waals surface area contributed by atoms with Crippen molar-refractivity contribution in [3.63, 3.8) is 0 Å². The van der Waals surface area contributed by atoms with Crippen molar-refractivity contribution in [3.05, 3.63) is 30.6 Å². The fourth-order valence-electron chi connectivity index (χ4n) is 4.41. The third-order valence-electron chi connectivity index (χ3n) is 5.82. The molecule has 0 spiro atoms. The molecule has 2 aliphatic rings. The van der Waals surface area contributed by atoms with Crippen molar-refractivity contribution in [1.82, 2.24) is 9.97 Å². The van der Waals surface area contributed by atoms with Crippen LogP contribution < -0.4 is 4.90 Å². The molecule has 26 heavy (non-hydrogen) atoms. The van der Waals surface area contributed by atoms with E-state index in [0.29, 0.717) is 12.2 Å². The predicted octanol–water partition coefficient (Wildman–Crippen LogP) is 4.69. The molecule has 2 fully saturated rings. The van der Waals surface area contributed by atoms with Crippen LogP contribution in [0.1, 0.15) is 44.9 Å². The molecule has 1 saturated carbocycles. The second-order valence-corrected chi connectivity index (χ2v) is 7.56. The average Bonchev–Trinajstić information content (AvgIpc) is 3.08. The molecule has 0 unspecified atom stereocenters. The van der Waals surface area contributed by atoms with Gasteiger partial charge in [0.15, 0.2) is 11.4 Å². The minimum absolute atomic E-state index is 0.391. The number of hydrogen-bond donors (Lipinski definition) is 0. The number of rotatable bonds is 3. The highest BCUT2D eigenvalue weighted by Gasteiger charge is 2.26. The fraction of sp³-hybridized carbons (Fsp3) is 0.524. The summed E-state index contributed by atoms with van der Waals surface area (Å²) in [5.74, 6) is 0.919. The van der Waals surface area contributed by atoms with Crippen LogP contribution in [0.2, 0.25) is 0 Å². The van der Waals surface area contributed by atoms with Gasteiger partial charge in [-0.15, -0.1) is 0 Å². The van der Waals surface area contributed by atoms with Gasteiger partial charge in [0.1, 0.15) is 17.4 Å². The van der Waals surface area contributed by atoms with Gasteiger partial charge in [-0.3, -0.25) is 0 Å². The molecule has 0 bridgehead atoms. The molecule has 1 aromatic carbocycles. The van der Waals surface area contributed by atoms with Crippen molar-refractivity contribution in [2.75, 3.05) is 18.0 Å². The van der Waals surface area contributed by atoms with E-state index in [1.54, 1.807) is 6.33 Å². The van der Waals surface area contributed by atoms with Gasteiger partial charge in [-0.1, -0.05) is 31.4 Å². The van der Waals surface area contributed by atoms with E-state index >= 15 is 0 Å². The molecule has 1 aliphatic heterocycles. The summed E-state index contributed by atoms with van der Waals surface area (Å²) in [6, 6.07) is 8.06. The second-order valence-electron chi connectivity index (χ2n) is 7.56. The summed E-state index contributed by atoms with van der Waals surface area (Å²) in [7, 11) is 0. The molecule has 0 N–H and O–H groups in total. The number of furan rings is 1. The van der Waals surface area contributed by atoms with Crippen molar-refractivity contribution >= 4 is 27.9 Å². The molecule has 2 aromatic heterocycles. The number of para-hydroxylation sites is 1. The molecule has 136 valence electrons. The summed E-state index contributed by atoms with van der Waals surface area (Å²) in [6.45, 7) is 1.92. The highest BCUT2D eigenvalue weighted by atomic mass is 16.5. The maximum absolute atomic E-state index is 6.37. The van der Waals surface area contributed by atoms with Crippen LogP contribution in [-0.2, 0) is 4.74 Å². The van der Waals surface area contributed by atoms with Crippen molar-refractivity contribution in [2.45, 2.75) is 57.2 Å². The van der Waals surface area contributed by atoms with Gasteiger partial charge in [-0.05, 0) is 37.8 Å². The minimum atomic E-state index is 0.391. The van der Waals surface area contributed by atoms with Gasteiger partial charge in [-0.2, -0.15) is 0 Å². The van der Waals surface area contributed by atoms with E-state index in [4.69, 9.17) is 9.15 Å². The summed E-state index contributed by atoms with van der Waals surface area (Å²) in [5.41, 5.74) is 2.59. The standard InChI is InChI=1S/C21H25N3O2/c1-2-6-15(7-3-1)25-16-10-12-24(13-11-16)21-20-19(22-14-23-21)17-8-4-5-9-18(17)26-20/h4-5,8-9,14-16H,1-3,6-7,10-13H2. The summed E-state index contributed by atoms with van der Waals surface area (Å²) >= 11 is 0. The number of hydrogen-bond acceptors (Lipinski definition) is 5. The first-order chi connectivity index (χ1) is 12.9. The third kappa shape index (κ3) is 2.94. The summed E-state index contributed by atoms with van der Waals surface area (Å²) < 4.78 is 12.5. The number of benzene rings is 1. The van der Waals surface area contributed by atoms with E-state index in [-0.39, 0.29) is 0 Å². The number of ether oxygens (including phenoxy) is 1.